The molecule has 0 atom stereocenters. The van der Waals surface area contributed by atoms with Crippen LogP contribution in [0.5, 0.6) is 0 Å². The predicted molar refractivity (Wildman–Crippen MR) is 101 cm³/mol. The molecule has 0 fully saturated rings. The van der Waals surface area contributed by atoms with E-state index in [9.17, 15) is 14.9 Å². The normalized spacial score (nSPS) is 10.3. The predicted octanol–water partition coefficient (Wildman–Crippen LogP) is 3.59. The van der Waals surface area contributed by atoms with Gasteiger partial charge in [-0.15, -0.1) is 0 Å². The maximum Gasteiger partial charge on any atom is 0.270 e. The minimum atomic E-state index is -0.508. The third-order valence-electron chi connectivity index (χ3n) is 3.77. The first-order chi connectivity index (χ1) is 12.6. The summed E-state index contributed by atoms with van der Waals surface area (Å²) < 4.78 is 0. The van der Waals surface area contributed by atoms with Crippen LogP contribution < -0.4 is 5.56 Å². The zero-order chi connectivity index (χ0) is 18.5. The molecule has 3 aromatic rings. The van der Waals surface area contributed by atoms with Crippen molar-refractivity contribution in [2.24, 2.45) is 0 Å². The summed E-state index contributed by atoms with van der Waals surface area (Å²) in [5.74, 6) is 0.0924. The zero-order valence-corrected chi connectivity index (χ0v) is 14.8. The van der Waals surface area contributed by atoms with E-state index in [2.05, 4.69) is 9.97 Å². The number of thioether (sulfide) groups is 1. The summed E-state index contributed by atoms with van der Waals surface area (Å²) in [4.78, 5) is 31.5. The van der Waals surface area contributed by atoms with Crippen molar-refractivity contribution in [1.29, 1.82) is 5.26 Å². The third kappa shape index (κ3) is 3.90. The molecule has 128 valence electrons. The highest BCUT2D eigenvalue weighted by molar-refractivity contribution is 7.99. The van der Waals surface area contributed by atoms with Gasteiger partial charge in [-0.1, -0.05) is 71.9 Å². The average Bonchev–Trinajstić information content (AvgIpc) is 2.67. The first-order valence-corrected chi connectivity index (χ1v) is 8.89. The van der Waals surface area contributed by atoms with Crippen LogP contribution in [0.2, 0.25) is 0 Å². The molecule has 0 aliphatic rings. The van der Waals surface area contributed by atoms with Gasteiger partial charge in [0.25, 0.3) is 5.56 Å². The molecule has 1 aromatic heterocycles. The molecule has 0 saturated carbocycles. The van der Waals surface area contributed by atoms with Crippen LogP contribution in [0.4, 0.5) is 0 Å². The number of nitrogens with zero attached hydrogens (tertiary/aromatic N) is 2. The average molecular weight is 361 g/mol. The Balaban J connectivity index is 1.86. The van der Waals surface area contributed by atoms with Gasteiger partial charge in [0.05, 0.1) is 11.4 Å². The molecule has 0 bridgehead atoms. The fraction of sp³-hybridized carbons (Fsp3) is 0.100. The van der Waals surface area contributed by atoms with Crippen LogP contribution in [-0.4, -0.2) is 21.5 Å². The fourth-order valence-electron chi connectivity index (χ4n) is 2.39. The van der Waals surface area contributed by atoms with Crippen LogP contribution >= 0.6 is 11.8 Å². The molecule has 0 amide bonds. The highest BCUT2D eigenvalue weighted by atomic mass is 32.2. The number of rotatable bonds is 5. The van der Waals surface area contributed by atoms with E-state index in [-0.39, 0.29) is 17.1 Å². The third-order valence-corrected chi connectivity index (χ3v) is 4.64. The van der Waals surface area contributed by atoms with E-state index in [1.807, 2.05) is 43.3 Å². The highest BCUT2D eigenvalue weighted by Gasteiger charge is 2.14. The van der Waals surface area contributed by atoms with Crippen LogP contribution in [0.1, 0.15) is 21.5 Å². The molecule has 1 heterocycles. The summed E-state index contributed by atoms with van der Waals surface area (Å²) in [6.07, 6.45) is 0. The van der Waals surface area contributed by atoms with E-state index in [0.29, 0.717) is 22.0 Å². The second-order valence-corrected chi connectivity index (χ2v) is 6.61. The number of benzene rings is 2. The number of ketones is 1. The first kappa shape index (κ1) is 17.6. The van der Waals surface area contributed by atoms with Crippen molar-refractivity contribution in [2.75, 3.05) is 5.75 Å². The molecule has 0 saturated heterocycles. The van der Waals surface area contributed by atoms with Crippen molar-refractivity contribution in [3.05, 3.63) is 81.6 Å². The molecule has 0 unspecified atom stereocenters. The summed E-state index contributed by atoms with van der Waals surface area (Å²) in [6.45, 7) is 1.96. The summed E-state index contributed by atoms with van der Waals surface area (Å²) in [5.41, 5.74) is 2.16. The number of H-pyrrole nitrogens is 1. The van der Waals surface area contributed by atoms with Gasteiger partial charge in [-0.3, -0.25) is 9.59 Å². The standard InChI is InChI=1S/C20H15N3O2S/c1-13-7-9-14(10-8-13)17(24)12-26-20-22-18(15-5-3-2-4-6-15)16(11-21)19(25)23-20/h2-10H,12H2,1H3,(H,22,23,25). The molecule has 0 spiro atoms. The lowest BCUT2D eigenvalue weighted by Gasteiger charge is -2.06. The monoisotopic (exact) mass is 361 g/mol. The lowest BCUT2D eigenvalue weighted by Crippen LogP contribution is -2.15. The van der Waals surface area contributed by atoms with E-state index in [4.69, 9.17) is 0 Å². The number of hydrogen-bond donors (Lipinski definition) is 1. The summed E-state index contributed by atoms with van der Waals surface area (Å²) in [6, 6.07) is 18.3. The number of aromatic nitrogens is 2. The second kappa shape index (κ2) is 7.81. The molecular formula is C20H15N3O2S. The second-order valence-electron chi connectivity index (χ2n) is 5.65. The molecule has 26 heavy (non-hydrogen) atoms. The van der Waals surface area contributed by atoms with Crippen molar-refractivity contribution in [2.45, 2.75) is 12.1 Å². The quantitative estimate of drug-likeness (QED) is 0.426. The smallest absolute Gasteiger partial charge is 0.270 e. The minimum Gasteiger partial charge on any atom is -0.300 e. The van der Waals surface area contributed by atoms with Crippen LogP contribution in [0.3, 0.4) is 0 Å². The summed E-state index contributed by atoms with van der Waals surface area (Å²) >= 11 is 1.14. The van der Waals surface area contributed by atoms with Gasteiger partial charge in [-0.05, 0) is 6.92 Å². The van der Waals surface area contributed by atoms with Crippen molar-refractivity contribution >= 4 is 17.5 Å². The number of Topliss-reactive ketones (excluding diaryl/α,β-unsaturated/α-hetero) is 1. The van der Waals surface area contributed by atoms with Gasteiger partial charge in [-0.25, -0.2) is 4.98 Å². The molecule has 3 rings (SSSR count). The van der Waals surface area contributed by atoms with Crippen LogP contribution in [0.15, 0.2) is 64.5 Å². The molecule has 5 nitrogen and oxygen atoms in total. The van der Waals surface area contributed by atoms with Gasteiger partial charge in [0.2, 0.25) is 0 Å². The fourth-order valence-corrected chi connectivity index (χ4v) is 3.14. The molecule has 0 radical (unpaired) electrons. The lowest BCUT2D eigenvalue weighted by atomic mass is 10.1. The van der Waals surface area contributed by atoms with Gasteiger partial charge < -0.3 is 4.98 Å². The van der Waals surface area contributed by atoms with Crippen molar-refractivity contribution in [3.8, 4) is 17.3 Å². The molecule has 0 aliphatic heterocycles. The molecule has 0 aliphatic carbocycles. The highest BCUT2D eigenvalue weighted by Crippen LogP contribution is 2.22. The van der Waals surface area contributed by atoms with Gasteiger partial charge >= 0.3 is 0 Å². The Kier molecular flexibility index (Phi) is 5.30. The largest absolute Gasteiger partial charge is 0.300 e. The number of hydrogen-bond acceptors (Lipinski definition) is 5. The topological polar surface area (TPSA) is 86.6 Å². The van der Waals surface area contributed by atoms with Crippen molar-refractivity contribution < 1.29 is 4.79 Å². The van der Waals surface area contributed by atoms with E-state index < -0.39 is 5.56 Å². The Morgan fingerprint density at radius 1 is 1.15 bits per heavy atom. The zero-order valence-electron chi connectivity index (χ0n) is 14.0. The maximum absolute atomic E-state index is 12.3. The lowest BCUT2D eigenvalue weighted by molar-refractivity contribution is 0.102. The van der Waals surface area contributed by atoms with E-state index in [1.54, 1.807) is 24.3 Å². The number of aryl methyl sites for hydroxylation is 1. The van der Waals surface area contributed by atoms with Crippen LogP contribution in [0.25, 0.3) is 11.3 Å². The minimum absolute atomic E-state index is 0.0367. The Hall–Kier alpha value is -3.17. The molecule has 1 N–H and O–H groups in total. The molecule has 2 aromatic carbocycles. The Bertz CT molecular complexity index is 1040. The van der Waals surface area contributed by atoms with Crippen LogP contribution in [0, 0.1) is 18.3 Å². The number of nitriles is 1. The van der Waals surface area contributed by atoms with Gasteiger partial charge in [0, 0.05) is 11.1 Å². The van der Waals surface area contributed by atoms with Gasteiger partial charge in [-0.2, -0.15) is 5.26 Å². The Labute approximate surface area is 154 Å². The number of aromatic amines is 1. The van der Waals surface area contributed by atoms with Crippen molar-refractivity contribution in [1.82, 2.24) is 9.97 Å². The van der Waals surface area contributed by atoms with E-state index >= 15 is 0 Å². The van der Waals surface area contributed by atoms with E-state index in [0.717, 1.165) is 17.3 Å². The number of carbonyl (C=O) groups is 1. The molecule has 6 heteroatoms. The summed E-state index contributed by atoms with van der Waals surface area (Å²) in [5, 5.41) is 9.58. The van der Waals surface area contributed by atoms with Gasteiger partial charge in [0.15, 0.2) is 10.9 Å². The number of nitrogens with one attached hydrogen (secondary N) is 1. The van der Waals surface area contributed by atoms with Gasteiger partial charge in [0.1, 0.15) is 11.6 Å². The summed E-state index contributed by atoms with van der Waals surface area (Å²) in [7, 11) is 0. The van der Waals surface area contributed by atoms with E-state index in [1.165, 1.54) is 0 Å². The Morgan fingerprint density at radius 3 is 2.50 bits per heavy atom. The SMILES string of the molecule is Cc1ccc(C(=O)CSc2nc(-c3ccccc3)c(C#N)c(=O)[nH]2)cc1. The Morgan fingerprint density at radius 2 is 1.85 bits per heavy atom. The number of carbonyl (C=O) groups excluding carboxylic acids is 1. The van der Waals surface area contributed by atoms with Crippen molar-refractivity contribution in [3.63, 3.8) is 0 Å². The molecular weight excluding hydrogens is 346 g/mol. The maximum atomic E-state index is 12.3. The van der Waals surface area contributed by atoms with Crippen LogP contribution in [-0.2, 0) is 0 Å². The first-order valence-electron chi connectivity index (χ1n) is 7.91.